The fourth-order valence-corrected chi connectivity index (χ4v) is 2.42. The van der Waals surface area contributed by atoms with E-state index in [1.165, 1.54) is 0 Å². The van der Waals surface area contributed by atoms with Gasteiger partial charge in [0.25, 0.3) is 0 Å². The van der Waals surface area contributed by atoms with Crippen molar-refractivity contribution in [2.24, 2.45) is 0 Å². The highest BCUT2D eigenvalue weighted by molar-refractivity contribution is 6.87. The van der Waals surface area contributed by atoms with E-state index in [1.54, 1.807) is 6.07 Å². The first-order valence-corrected chi connectivity index (χ1v) is 9.81. The molecule has 0 spiro atoms. The van der Waals surface area contributed by atoms with Gasteiger partial charge in [0.15, 0.2) is 0 Å². The second-order valence-electron chi connectivity index (χ2n) is 5.38. The standard InChI is InChI=1S/C13H22O4Si/c1-5-6-9-16-13(15)12(14)10-7-8-11(17-10)18(2,3)4/h7-8,12,14H,5-6,9H2,1-4H3/t12-/m1/s1. The number of hydrogen-bond donors (Lipinski definition) is 1. The number of furan rings is 1. The summed E-state index contributed by atoms with van der Waals surface area (Å²) in [7, 11) is -1.55. The van der Waals surface area contributed by atoms with Gasteiger partial charge in [0.1, 0.15) is 13.8 Å². The predicted octanol–water partition coefficient (Wildman–Crippen LogP) is 2.20. The van der Waals surface area contributed by atoms with E-state index >= 15 is 0 Å². The van der Waals surface area contributed by atoms with E-state index < -0.39 is 20.1 Å². The maximum absolute atomic E-state index is 11.6. The third kappa shape index (κ3) is 3.99. The number of unbranched alkanes of at least 4 members (excludes halogenated alkanes) is 1. The highest BCUT2D eigenvalue weighted by atomic mass is 28.3. The lowest BCUT2D eigenvalue weighted by Gasteiger charge is -2.12. The molecule has 0 fully saturated rings. The van der Waals surface area contributed by atoms with Crippen molar-refractivity contribution in [1.82, 2.24) is 0 Å². The molecule has 4 nitrogen and oxygen atoms in total. The number of ether oxygens (including phenoxy) is 1. The van der Waals surface area contributed by atoms with Gasteiger partial charge in [-0.3, -0.25) is 0 Å². The molecule has 5 heteroatoms. The van der Waals surface area contributed by atoms with Gasteiger partial charge in [-0.2, -0.15) is 0 Å². The Morgan fingerprint density at radius 1 is 1.44 bits per heavy atom. The smallest absolute Gasteiger partial charge is 0.342 e. The first kappa shape index (κ1) is 15.0. The summed E-state index contributed by atoms with van der Waals surface area (Å²) in [5, 5.41) is 10.7. The zero-order valence-electron chi connectivity index (χ0n) is 11.5. The molecule has 0 saturated heterocycles. The Kier molecular flexibility index (Phi) is 5.16. The van der Waals surface area contributed by atoms with Crippen molar-refractivity contribution in [2.75, 3.05) is 6.61 Å². The Hall–Kier alpha value is -1.07. The van der Waals surface area contributed by atoms with Crippen LogP contribution in [0, 0.1) is 0 Å². The summed E-state index contributed by atoms with van der Waals surface area (Å²) in [5.41, 5.74) is 0. The molecule has 18 heavy (non-hydrogen) atoms. The van der Waals surface area contributed by atoms with Gasteiger partial charge in [-0.15, -0.1) is 0 Å². The lowest BCUT2D eigenvalue weighted by molar-refractivity contribution is -0.154. The summed E-state index contributed by atoms with van der Waals surface area (Å²) in [5.74, 6) is -0.367. The van der Waals surface area contributed by atoms with Crippen molar-refractivity contribution < 1.29 is 19.1 Å². The Morgan fingerprint density at radius 2 is 2.11 bits per heavy atom. The van der Waals surface area contributed by atoms with E-state index in [0.717, 1.165) is 18.2 Å². The molecule has 102 valence electrons. The fourth-order valence-electron chi connectivity index (χ4n) is 1.42. The molecule has 0 aliphatic rings. The van der Waals surface area contributed by atoms with Gasteiger partial charge in [0, 0.05) is 0 Å². The van der Waals surface area contributed by atoms with Gasteiger partial charge in [-0.25, -0.2) is 4.79 Å². The van der Waals surface area contributed by atoms with Crippen LogP contribution in [0.1, 0.15) is 31.6 Å². The molecule has 0 aliphatic heterocycles. The normalized spacial score (nSPS) is 13.4. The van der Waals surface area contributed by atoms with Crippen molar-refractivity contribution >= 4 is 19.4 Å². The van der Waals surface area contributed by atoms with Gasteiger partial charge in [-0.1, -0.05) is 33.0 Å². The Labute approximate surface area is 109 Å². The molecule has 1 N–H and O–H groups in total. The number of rotatable bonds is 6. The fraction of sp³-hybridized carbons (Fsp3) is 0.615. The van der Waals surface area contributed by atoms with Crippen LogP contribution >= 0.6 is 0 Å². The molecule has 1 aromatic rings. The number of carbonyl (C=O) groups is 1. The zero-order chi connectivity index (χ0) is 13.8. The monoisotopic (exact) mass is 270 g/mol. The van der Waals surface area contributed by atoms with Crippen LogP contribution in [0.2, 0.25) is 19.6 Å². The lowest BCUT2D eigenvalue weighted by Crippen LogP contribution is -2.36. The quantitative estimate of drug-likeness (QED) is 0.489. The van der Waals surface area contributed by atoms with Crippen LogP contribution in [0.4, 0.5) is 0 Å². The zero-order valence-corrected chi connectivity index (χ0v) is 12.5. The van der Waals surface area contributed by atoms with Gasteiger partial charge < -0.3 is 14.3 Å². The third-order valence-electron chi connectivity index (χ3n) is 2.60. The van der Waals surface area contributed by atoms with Crippen LogP contribution in [0.25, 0.3) is 0 Å². The van der Waals surface area contributed by atoms with E-state index in [4.69, 9.17) is 9.15 Å². The van der Waals surface area contributed by atoms with Crippen LogP contribution in [-0.2, 0) is 9.53 Å². The minimum absolute atomic E-state index is 0.272. The van der Waals surface area contributed by atoms with Crippen molar-refractivity contribution in [3.8, 4) is 0 Å². The van der Waals surface area contributed by atoms with Gasteiger partial charge >= 0.3 is 5.97 Å². The molecule has 0 saturated carbocycles. The minimum Gasteiger partial charge on any atom is -0.468 e. The van der Waals surface area contributed by atoms with Crippen molar-refractivity contribution in [3.63, 3.8) is 0 Å². The maximum Gasteiger partial charge on any atom is 0.342 e. The van der Waals surface area contributed by atoms with E-state index in [9.17, 15) is 9.90 Å². The number of aliphatic hydroxyl groups is 1. The molecule has 0 amide bonds. The summed E-state index contributed by atoms with van der Waals surface area (Å²) < 4.78 is 10.5. The highest BCUT2D eigenvalue weighted by Gasteiger charge is 2.26. The molecule has 1 aromatic heterocycles. The van der Waals surface area contributed by atoms with Crippen LogP contribution in [0.3, 0.4) is 0 Å². The second kappa shape index (κ2) is 6.20. The summed E-state index contributed by atoms with van der Waals surface area (Å²) in [6.07, 6.45) is 0.438. The summed E-state index contributed by atoms with van der Waals surface area (Å²) in [6.45, 7) is 8.77. The average Bonchev–Trinajstić information content (AvgIpc) is 2.77. The first-order valence-electron chi connectivity index (χ1n) is 6.31. The Morgan fingerprint density at radius 3 is 2.61 bits per heavy atom. The van der Waals surface area contributed by atoms with Crippen LogP contribution in [-0.4, -0.2) is 25.8 Å². The molecule has 1 heterocycles. The number of hydrogen-bond acceptors (Lipinski definition) is 4. The summed E-state index contributed by atoms with van der Waals surface area (Å²) in [4.78, 5) is 11.6. The van der Waals surface area contributed by atoms with Gasteiger partial charge in [0.05, 0.1) is 12.0 Å². The molecular formula is C13H22O4Si. The molecular weight excluding hydrogens is 248 g/mol. The molecule has 0 unspecified atom stereocenters. The number of esters is 1. The van der Waals surface area contributed by atoms with E-state index in [1.807, 2.05) is 13.0 Å². The molecule has 1 atom stereocenters. The summed E-state index contributed by atoms with van der Waals surface area (Å²) >= 11 is 0. The third-order valence-corrected chi connectivity index (χ3v) is 4.35. The average molecular weight is 270 g/mol. The van der Waals surface area contributed by atoms with Gasteiger partial charge in [-0.05, 0) is 18.6 Å². The van der Waals surface area contributed by atoms with Crippen LogP contribution in [0.5, 0.6) is 0 Å². The molecule has 0 bridgehead atoms. The molecule has 0 radical (unpaired) electrons. The van der Waals surface area contributed by atoms with Crippen molar-refractivity contribution in [1.29, 1.82) is 0 Å². The number of carbonyl (C=O) groups excluding carboxylic acids is 1. The van der Waals surface area contributed by atoms with E-state index in [-0.39, 0.29) is 5.76 Å². The minimum atomic E-state index is -1.55. The Balaban J connectivity index is 2.64. The van der Waals surface area contributed by atoms with E-state index in [2.05, 4.69) is 19.6 Å². The molecule has 0 aromatic carbocycles. The van der Waals surface area contributed by atoms with E-state index in [0.29, 0.717) is 6.61 Å². The predicted molar refractivity (Wildman–Crippen MR) is 72.5 cm³/mol. The molecule has 0 aliphatic carbocycles. The van der Waals surface area contributed by atoms with Crippen molar-refractivity contribution in [3.05, 3.63) is 17.9 Å². The van der Waals surface area contributed by atoms with Gasteiger partial charge in [0.2, 0.25) is 6.10 Å². The first-order chi connectivity index (χ1) is 8.36. The van der Waals surface area contributed by atoms with Crippen molar-refractivity contribution in [2.45, 2.75) is 45.5 Å². The molecule has 1 rings (SSSR count). The van der Waals surface area contributed by atoms with Crippen LogP contribution < -0.4 is 5.38 Å². The number of aliphatic hydroxyl groups excluding tert-OH is 1. The van der Waals surface area contributed by atoms with Crippen LogP contribution in [0.15, 0.2) is 16.5 Å². The summed E-state index contributed by atoms with van der Waals surface area (Å²) in [6, 6.07) is 3.49. The second-order valence-corrected chi connectivity index (χ2v) is 10.4. The maximum atomic E-state index is 11.6. The Bertz CT molecular complexity index is 392. The highest BCUT2D eigenvalue weighted by Crippen LogP contribution is 2.16. The lowest BCUT2D eigenvalue weighted by atomic mass is 10.3. The largest absolute Gasteiger partial charge is 0.468 e. The topological polar surface area (TPSA) is 59.7 Å². The SMILES string of the molecule is CCCCOC(=O)[C@H](O)c1ccc([Si](C)(C)C)o1.